The van der Waals surface area contributed by atoms with Gasteiger partial charge in [0.15, 0.2) is 0 Å². The van der Waals surface area contributed by atoms with Gasteiger partial charge in [0.05, 0.1) is 6.20 Å². The molecule has 1 heterocycles. The summed E-state index contributed by atoms with van der Waals surface area (Å²) in [6.45, 7) is 1.24. The first-order chi connectivity index (χ1) is 4.70. The third-order valence-corrected chi connectivity index (χ3v) is 1.41. The van der Waals surface area contributed by atoms with Crippen LogP contribution in [-0.4, -0.2) is 10.7 Å². The van der Waals surface area contributed by atoms with Gasteiger partial charge in [0.2, 0.25) is 0 Å². The van der Waals surface area contributed by atoms with Crippen LogP contribution in [0.5, 0.6) is 0 Å². The fourth-order valence-corrected chi connectivity index (χ4v) is 0.953. The van der Waals surface area contributed by atoms with Gasteiger partial charge in [0, 0.05) is 12.3 Å². The lowest BCUT2D eigenvalue weighted by Gasteiger charge is -1.95. The van der Waals surface area contributed by atoms with Crippen LogP contribution in [0.4, 0.5) is 0 Å². The standard InChI is InChI=1S/C5H5NO3S/c1-4(7)9-6-2-3-10-5(6)8/h2-3H,1H3. The summed E-state index contributed by atoms with van der Waals surface area (Å²) >= 11 is 0.977. The number of carbonyl (C=O) groups excluding carboxylic acids is 1. The molecule has 0 bridgehead atoms. The van der Waals surface area contributed by atoms with E-state index >= 15 is 0 Å². The molecule has 0 radical (unpaired) electrons. The van der Waals surface area contributed by atoms with Crippen LogP contribution in [0.2, 0.25) is 0 Å². The van der Waals surface area contributed by atoms with E-state index in [1.54, 1.807) is 5.38 Å². The van der Waals surface area contributed by atoms with E-state index in [4.69, 9.17) is 0 Å². The summed E-state index contributed by atoms with van der Waals surface area (Å²) in [5.74, 6) is -0.500. The molecule has 0 fully saturated rings. The first-order valence-corrected chi connectivity index (χ1v) is 3.43. The van der Waals surface area contributed by atoms with Gasteiger partial charge in [-0.3, -0.25) is 4.79 Å². The number of hydrogen-bond acceptors (Lipinski definition) is 4. The molecule has 4 nitrogen and oxygen atoms in total. The molecule has 0 aliphatic heterocycles. The molecular formula is C5H5NO3S. The van der Waals surface area contributed by atoms with Gasteiger partial charge in [-0.15, -0.1) is 4.73 Å². The second-order valence-electron chi connectivity index (χ2n) is 1.58. The SMILES string of the molecule is CC(=O)On1ccsc1=O. The van der Waals surface area contributed by atoms with Gasteiger partial charge in [-0.2, -0.15) is 0 Å². The molecule has 0 amide bonds. The van der Waals surface area contributed by atoms with E-state index in [2.05, 4.69) is 4.84 Å². The normalized spacial score (nSPS) is 9.30. The maximum atomic E-state index is 10.7. The molecule has 0 aromatic carbocycles. The van der Waals surface area contributed by atoms with Crippen LogP contribution in [0.15, 0.2) is 16.4 Å². The number of thiazole rings is 1. The third-order valence-electron chi connectivity index (χ3n) is 0.772. The second-order valence-corrected chi connectivity index (χ2v) is 2.43. The Hall–Kier alpha value is -1.10. The summed E-state index contributed by atoms with van der Waals surface area (Å²) in [5, 5.41) is 1.55. The lowest BCUT2D eigenvalue weighted by molar-refractivity contribution is -0.141. The minimum atomic E-state index is -0.500. The fourth-order valence-electron chi connectivity index (χ4n) is 0.463. The van der Waals surface area contributed by atoms with Crippen molar-refractivity contribution in [3.63, 3.8) is 0 Å². The number of aromatic nitrogens is 1. The van der Waals surface area contributed by atoms with Crippen molar-refractivity contribution in [3.8, 4) is 0 Å². The van der Waals surface area contributed by atoms with Gasteiger partial charge < -0.3 is 4.84 Å². The average Bonchev–Trinajstić information content (AvgIpc) is 2.15. The summed E-state index contributed by atoms with van der Waals surface area (Å²) in [6.07, 6.45) is 1.40. The minimum Gasteiger partial charge on any atom is -0.333 e. The van der Waals surface area contributed by atoms with E-state index in [1.807, 2.05) is 0 Å². The summed E-state index contributed by atoms with van der Waals surface area (Å²) in [4.78, 5) is 25.1. The van der Waals surface area contributed by atoms with Crippen LogP contribution in [0.3, 0.4) is 0 Å². The topological polar surface area (TPSA) is 48.3 Å². The second kappa shape index (κ2) is 2.66. The highest BCUT2D eigenvalue weighted by Gasteiger charge is 1.98. The van der Waals surface area contributed by atoms with Crippen LogP contribution in [0, 0.1) is 0 Å². The van der Waals surface area contributed by atoms with Crippen molar-refractivity contribution < 1.29 is 9.63 Å². The predicted octanol–water partition coefficient (Wildman–Crippen LogP) is -0.115. The minimum absolute atomic E-state index is 0.296. The van der Waals surface area contributed by atoms with E-state index in [-0.39, 0.29) is 4.87 Å². The molecule has 0 saturated heterocycles. The zero-order chi connectivity index (χ0) is 7.56. The van der Waals surface area contributed by atoms with E-state index in [9.17, 15) is 9.59 Å². The molecule has 0 N–H and O–H groups in total. The van der Waals surface area contributed by atoms with Gasteiger partial charge >= 0.3 is 10.8 Å². The van der Waals surface area contributed by atoms with Crippen molar-refractivity contribution in [1.29, 1.82) is 0 Å². The Morgan fingerprint density at radius 1 is 1.80 bits per heavy atom. The summed E-state index contributed by atoms with van der Waals surface area (Å²) in [7, 11) is 0. The van der Waals surface area contributed by atoms with Crippen LogP contribution >= 0.6 is 11.3 Å². The number of hydrogen-bond donors (Lipinski definition) is 0. The Bertz CT molecular complexity index is 287. The molecule has 0 spiro atoms. The van der Waals surface area contributed by atoms with Gasteiger partial charge in [0.1, 0.15) is 0 Å². The zero-order valence-corrected chi connectivity index (χ0v) is 6.05. The van der Waals surface area contributed by atoms with Crippen molar-refractivity contribution in [3.05, 3.63) is 21.2 Å². The van der Waals surface area contributed by atoms with Crippen molar-refractivity contribution in [2.75, 3.05) is 0 Å². The van der Waals surface area contributed by atoms with Crippen molar-refractivity contribution >= 4 is 17.3 Å². The van der Waals surface area contributed by atoms with E-state index in [0.29, 0.717) is 0 Å². The molecule has 0 saturated carbocycles. The van der Waals surface area contributed by atoms with E-state index in [0.717, 1.165) is 16.1 Å². The Morgan fingerprint density at radius 2 is 2.50 bits per heavy atom. The van der Waals surface area contributed by atoms with Gasteiger partial charge in [0.25, 0.3) is 0 Å². The van der Waals surface area contributed by atoms with E-state index in [1.165, 1.54) is 13.1 Å². The highest BCUT2D eigenvalue weighted by atomic mass is 32.1. The monoisotopic (exact) mass is 159 g/mol. The van der Waals surface area contributed by atoms with Crippen LogP contribution in [0.25, 0.3) is 0 Å². The van der Waals surface area contributed by atoms with E-state index < -0.39 is 5.97 Å². The maximum absolute atomic E-state index is 10.7. The lowest BCUT2D eigenvalue weighted by atomic mass is 10.8. The van der Waals surface area contributed by atoms with Crippen molar-refractivity contribution in [1.82, 2.24) is 4.73 Å². The molecular weight excluding hydrogens is 154 g/mol. The first-order valence-electron chi connectivity index (χ1n) is 2.55. The zero-order valence-electron chi connectivity index (χ0n) is 5.23. The first kappa shape index (κ1) is 7.01. The number of carbonyl (C=O) groups is 1. The van der Waals surface area contributed by atoms with Gasteiger partial charge in [-0.1, -0.05) is 11.3 Å². The number of nitrogens with zero attached hydrogens (tertiary/aromatic N) is 1. The van der Waals surface area contributed by atoms with Gasteiger partial charge in [-0.25, -0.2) is 4.79 Å². The third kappa shape index (κ3) is 1.44. The fraction of sp³-hybridized carbons (Fsp3) is 0.200. The highest BCUT2D eigenvalue weighted by molar-refractivity contribution is 7.07. The predicted molar refractivity (Wildman–Crippen MR) is 35.8 cm³/mol. The molecule has 1 aromatic rings. The average molecular weight is 159 g/mol. The van der Waals surface area contributed by atoms with Crippen LogP contribution < -0.4 is 9.71 Å². The molecule has 0 atom stereocenters. The summed E-state index contributed by atoms with van der Waals surface area (Å²) in [5.41, 5.74) is 0. The molecule has 5 heteroatoms. The Labute approximate surface area is 60.6 Å². The van der Waals surface area contributed by atoms with Crippen molar-refractivity contribution in [2.45, 2.75) is 6.92 Å². The number of rotatable bonds is 1. The highest BCUT2D eigenvalue weighted by Crippen LogP contribution is 1.85. The lowest BCUT2D eigenvalue weighted by Crippen LogP contribution is -2.24. The Balaban J connectivity index is 2.85. The summed E-state index contributed by atoms with van der Waals surface area (Å²) in [6, 6.07) is 0. The molecule has 10 heavy (non-hydrogen) atoms. The Morgan fingerprint density at radius 3 is 2.90 bits per heavy atom. The summed E-state index contributed by atoms with van der Waals surface area (Å²) < 4.78 is 0.896. The molecule has 1 rings (SSSR count). The molecule has 0 aliphatic rings. The Kier molecular flexibility index (Phi) is 1.86. The molecule has 1 aromatic heterocycles. The molecule has 54 valence electrons. The quantitative estimate of drug-likeness (QED) is 0.574. The van der Waals surface area contributed by atoms with Crippen molar-refractivity contribution in [2.24, 2.45) is 0 Å². The molecule has 0 aliphatic carbocycles. The van der Waals surface area contributed by atoms with Gasteiger partial charge in [-0.05, 0) is 0 Å². The van der Waals surface area contributed by atoms with Crippen LogP contribution in [0.1, 0.15) is 6.92 Å². The maximum Gasteiger partial charge on any atom is 0.340 e. The smallest absolute Gasteiger partial charge is 0.333 e. The largest absolute Gasteiger partial charge is 0.340 e. The molecule has 0 unspecified atom stereocenters. The van der Waals surface area contributed by atoms with Crippen LogP contribution in [-0.2, 0) is 4.79 Å².